The number of hydrogen-bond acceptors (Lipinski definition) is 2. The minimum absolute atomic E-state index is 0.0905. The van der Waals surface area contributed by atoms with Gasteiger partial charge < -0.3 is 10.5 Å². The Kier molecular flexibility index (Phi) is 3.68. The fourth-order valence-electron chi connectivity index (χ4n) is 3.15. The summed E-state index contributed by atoms with van der Waals surface area (Å²) in [6.45, 7) is 0. The lowest BCUT2D eigenvalue weighted by molar-refractivity contribution is 0.400. The van der Waals surface area contributed by atoms with Crippen molar-refractivity contribution in [3.8, 4) is 5.75 Å². The molecular weight excluding hydrogens is 270 g/mol. The van der Waals surface area contributed by atoms with Crippen molar-refractivity contribution in [3.63, 3.8) is 0 Å². The molecule has 0 aliphatic heterocycles. The first-order chi connectivity index (χ1) is 9.70. The molecule has 0 bridgehead atoms. The van der Waals surface area contributed by atoms with E-state index in [0.717, 1.165) is 24.2 Å². The molecule has 3 heteroatoms. The van der Waals surface area contributed by atoms with Gasteiger partial charge in [0, 0.05) is 22.5 Å². The van der Waals surface area contributed by atoms with Crippen LogP contribution in [0.15, 0.2) is 42.5 Å². The molecule has 0 fully saturated rings. The van der Waals surface area contributed by atoms with Crippen molar-refractivity contribution in [1.29, 1.82) is 0 Å². The molecule has 1 aliphatic carbocycles. The van der Waals surface area contributed by atoms with Crippen LogP contribution in [-0.2, 0) is 6.42 Å². The quantitative estimate of drug-likeness (QED) is 0.923. The molecule has 104 valence electrons. The highest BCUT2D eigenvalue weighted by Gasteiger charge is 2.29. The Hall–Kier alpha value is -1.51. The van der Waals surface area contributed by atoms with Gasteiger partial charge in [0.05, 0.1) is 7.11 Å². The lowest BCUT2D eigenvalue weighted by atomic mass is 9.88. The van der Waals surface area contributed by atoms with Crippen molar-refractivity contribution in [1.82, 2.24) is 0 Å². The molecule has 0 spiro atoms. The Bertz CT molecular complexity index is 626. The number of fused-ring (bicyclic) bond motifs is 1. The van der Waals surface area contributed by atoms with Gasteiger partial charge in [0.25, 0.3) is 0 Å². The standard InChI is InChI=1S/C17H18ClNO/c1-20-16-9-7-12(18)10-15(16)17(19)14-8-6-11-4-2-3-5-13(11)14/h2-5,7,9-10,14,17H,6,8,19H2,1H3. The number of hydrogen-bond donors (Lipinski definition) is 1. The fourth-order valence-corrected chi connectivity index (χ4v) is 3.33. The highest BCUT2D eigenvalue weighted by Crippen LogP contribution is 2.42. The van der Waals surface area contributed by atoms with Gasteiger partial charge in [-0.1, -0.05) is 35.9 Å². The van der Waals surface area contributed by atoms with Gasteiger partial charge in [-0.05, 0) is 42.2 Å². The van der Waals surface area contributed by atoms with Gasteiger partial charge in [0.1, 0.15) is 5.75 Å². The van der Waals surface area contributed by atoms with E-state index in [2.05, 4.69) is 24.3 Å². The van der Waals surface area contributed by atoms with Gasteiger partial charge in [0.2, 0.25) is 0 Å². The van der Waals surface area contributed by atoms with Crippen LogP contribution in [0.5, 0.6) is 5.75 Å². The van der Waals surface area contributed by atoms with E-state index in [4.69, 9.17) is 22.1 Å². The summed E-state index contributed by atoms with van der Waals surface area (Å²) in [6, 6.07) is 14.1. The summed E-state index contributed by atoms with van der Waals surface area (Å²) in [7, 11) is 1.67. The van der Waals surface area contributed by atoms with E-state index < -0.39 is 0 Å². The molecule has 0 radical (unpaired) electrons. The average molecular weight is 288 g/mol. The van der Waals surface area contributed by atoms with Crippen LogP contribution in [0.3, 0.4) is 0 Å². The van der Waals surface area contributed by atoms with Crippen LogP contribution in [0.1, 0.15) is 35.1 Å². The summed E-state index contributed by atoms with van der Waals surface area (Å²) in [5.74, 6) is 1.14. The van der Waals surface area contributed by atoms with Gasteiger partial charge >= 0.3 is 0 Å². The van der Waals surface area contributed by atoms with E-state index in [-0.39, 0.29) is 6.04 Å². The maximum atomic E-state index is 6.52. The molecule has 2 N–H and O–H groups in total. The number of ether oxygens (including phenoxy) is 1. The number of nitrogens with two attached hydrogens (primary N) is 1. The van der Waals surface area contributed by atoms with Crippen LogP contribution in [0.2, 0.25) is 5.02 Å². The molecule has 0 aromatic heterocycles. The molecule has 20 heavy (non-hydrogen) atoms. The lowest BCUT2D eigenvalue weighted by Crippen LogP contribution is -2.19. The molecule has 2 aromatic carbocycles. The molecule has 0 heterocycles. The molecule has 0 saturated carbocycles. The largest absolute Gasteiger partial charge is 0.496 e. The monoisotopic (exact) mass is 287 g/mol. The first-order valence-electron chi connectivity index (χ1n) is 6.87. The third kappa shape index (κ3) is 2.30. The highest BCUT2D eigenvalue weighted by molar-refractivity contribution is 6.30. The van der Waals surface area contributed by atoms with Crippen LogP contribution in [0.25, 0.3) is 0 Å². The molecule has 3 rings (SSSR count). The smallest absolute Gasteiger partial charge is 0.123 e. The number of benzene rings is 2. The van der Waals surface area contributed by atoms with Crippen LogP contribution in [0, 0.1) is 0 Å². The Morgan fingerprint density at radius 1 is 1.25 bits per heavy atom. The van der Waals surface area contributed by atoms with E-state index >= 15 is 0 Å². The second-order valence-electron chi connectivity index (χ2n) is 5.26. The summed E-state index contributed by atoms with van der Waals surface area (Å²) >= 11 is 6.11. The van der Waals surface area contributed by atoms with Gasteiger partial charge in [-0.2, -0.15) is 0 Å². The van der Waals surface area contributed by atoms with Crippen molar-refractivity contribution in [2.45, 2.75) is 24.8 Å². The molecule has 0 saturated heterocycles. The number of rotatable bonds is 3. The highest BCUT2D eigenvalue weighted by atomic mass is 35.5. The predicted molar refractivity (Wildman–Crippen MR) is 82.4 cm³/mol. The topological polar surface area (TPSA) is 35.2 Å². The van der Waals surface area contributed by atoms with Crippen molar-refractivity contribution in [3.05, 3.63) is 64.2 Å². The van der Waals surface area contributed by atoms with Gasteiger partial charge in [-0.15, -0.1) is 0 Å². The van der Waals surface area contributed by atoms with E-state index in [0.29, 0.717) is 10.9 Å². The fraction of sp³-hybridized carbons (Fsp3) is 0.294. The second-order valence-corrected chi connectivity index (χ2v) is 5.69. The molecule has 2 aromatic rings. The maximum Gasteiger partial charge on any atom is 0.123 e. The van der Waals surface area contributed by atoms with Gasteiger partial charge in [-0.25, -0.2) is 0 Å². The molecule has 2 atom stereocenters. The minimum Gasteiger partial charge on any atom is -0.496 e. The van der Waals surface area contributed by atoms with Crippen LogP contribution >= 0.6 is 11.6 Å². The van der Waals surface area contributed by atoms with E-state index in [1.807, 2.05) is 18.2 Å². The summed E-state index contributed by atoms with van der Waals surface area (Å²) < 4.78 is 5.43. The lowest BCUT2D eigenvalue weighted by Gasteiger charge is -2.23. The zero-order chi connectivity index (χ0) is 14.1. The number of methoxy groups -OCH3 is 1. The van der Waals surface area contributed by atoms with Crippen molar-refractivity contribution in [2.24, 2.45) is 5.73 Å². The summed E-state index contributed by atoms with van der Waals surface area (Å²) in [6.07, 6.45) is 2.17. The van der Waals surface area contributed by atoms with E-state index in [9.17, 15) is 0 Å². The maximum absolute atomic E-state index is 6.52. The van der Waals surface area contributed by atoms with E-state index in [1.165, 1.54) is 11.1 Å². The predicted octanol–water partition coefficient (Wildman–Crippen LogP) is 4.08. The molecular formula is C17H18ClNO. The Labute approximate surface area is 124 Å². The Morgan fingerprint density at radius 2 is 2.05 bits per heavy atom. The third-order valence-electron chi connectivity index (χ3n) is 4.16. The van der Waals surface area contributed by atoms with Crippen LogP contribution in [0.4, 0.5) is 0 Å². The van der Waals surface area contributed by atoms with Crippen molar-refractivity contribution >= 4 is 11.6 Å². The molecule has 0 amide bonds. The molecule has 1 aliphatic rings. The first kappa shape index (κ1) is 13.5. The van der Waals surface area contributed by atoms with Gasteiger partial charge in [-0.3, -0.25) is 0 Å². The van der Waals surface area contributed by atoms with E-state index in [1.54, 1.807) is 7.11 Å². The van der Waals surface area contributed by atoms with Crippen LogP contribution in [-0.4, -0.2) is 7.11 Å². The van der Waals surface area contributed by atoms with Crippen LogP contribution < -0.4 is 10.5 Å². The second kappa shape index (κ2) is 5.47. The molecule has 2 unspecified atom stereocenters. The summed E-state index contributed by atoms with van der Waals surface area (Å²) in [5, 5.41) is 0.697. The summed E-state index contributed by atoms with van der Waals surface area (Å²) in [5.41, 5.74) is 10.3. The zero-order valence-electron chi connectivity index (χ0n) is 11.5. The number of aryl methyl sites for hydroxylation is 1. The Morgan fingerprint density at radius 3 is 2.85 bits per heavy atom. The van der Waals surface area contributed by atoms with Gasteiger partial charge in [0.15, 0.2) is 0 Å². The third-order valence-corrected chi connectivity index (χ3v) is 4.40. The van der Waals surface area contributed by atoms with Crippen molar-refractivity contribution in [2.75, 3.05) is 7.11 Å². The first-order valence-corrected chi connectivity index (χ1v) is 7.25. The van der Waals surface area contributed by atoms with Crippen molar-refractivity contribution < 1.29 is 4.74 Å². The average Bonchev–Trinajstić information content (AvgIpc) is 2.90. The number of halogens is 1. The normalized spacial score (nSPS) is 18.6. The molecule has 2 nitrogen and oxygen atoms in total. The Balaban J connectivity index is 1.98. The zero-order valence-corrected chi connectivity index (χ0v) is 12.2. The summed E-state index contributed by atoms with van der Waals surface area (Å²) in [4.78, 5) is 0. The SMILES string of the molecule is COc1ccc(Cl)cc1C(N)C1CCc2ccccc21. The minimum atomic E-state index is -0.0905.